The molecule has 0 bridgehead atoms. The van der Waals surface area contributed by atoms with E-state index in [0.29, 0.717) is 23.0 Å². The van der Waals surface area contributed by atoms with E-state index in [2.05, 4.69) is 20.8 Å². The summed E-state index contributed by atoms with van der Waals surface area (Å²) >= 11 is 0. The van der Waals surface area contributed by atoms with Crippen LogP contribution in [0.15, 0.2) is 22.7 Å². The van der Waals surface area contributed by atoms with Crippen LogP contribution in [0, 0.1) is 5.82 Å². The van der Waals surface area contributed by atoms with Gasteiger partial charge in [-0.05, 0) is 38.0 Å². The fourth-order valence-electron chi connectivity index (χ4n) is 2.08. The van der Waals surface area contributed by atoms with E-state index in [4.69, 9.17) is 9.63 Å². The number of hydrogen-bond acceptors (Lipinski definition) is 5. The third-order valence-corrected chi connectivity index (χ3v) is 3.50. The van der Waals surface area contributed by atoms with Gasteiger partial charge in [0.1, 0.15) is 5.82 Å². The number of amides is 2. The maximum atomic E-state index is 13.6. The number of hydrogen-bond donors (Lipinski definition) is 3. The predicted octanol–water partition coefficient (Wildman–Crippen LogP) is 2.26. The summed E-state index contributed by atoms with van der Waals surface area (Å²) in [6.07, 6.45) is 2.05. The fourth-order valence-corrected chi connectivity index (χ4v) is 2.08. The molecular weight excluding hydrogens is 303 g/mol. The van der Waals surface area contributed by atoms with Gasteiger partial charge in [0.15, 0.2) is 5.82 Å². The van der Waals surface area contributed by atoms with Gasteiger partial charge in [0.05, 0.1) is 23.9 Å². The molecular formula is C15H17FN4O3. The van der Waals surface area contributed by atoms with Crippen molar-refractivity contribution in [2.24, 2.45) is 0 Å². The van der Waals surface area contributed by atoms with E-state index >= 15 is 0 Å². The van der Waals surface area contributed by atoms with Crippen molar-refractivity contribution in [3.8, 4) is 11.5 Å². The highest BCUT2D eigenvalue weighted by atomic mass is 19.1. The summed E-state index contributed by atoms with van der Waals surface area (Å²) in [4.78, 5) is 16.2. The fraction of sp³-hybridized carbons (Fsp3) is 0.400. The largest absolute Gasteiger partial charge is 0.394 e. The number of halogens is 1. The van der Waals surface area contributed by atoms with E-state index in [-0.39, 0.29) is 12.5 Å². The molecule has 0 radical (unpaired) electrons. The van der Waals surface area contributed by atoms with Crippen molar-refractivity contribution in [3.63, 3.8) is 0 Å². The average Bonchev–Trinajstić information content (AvgIpc) is 3.26. The van der Waals surface area contributed by atoms with Gasteiger partial charge in [-0.1, -0.05) is 5.16 Å². The molecule has 2 aromatic rings. The highest BCUT2D eigenvalue weighted by Crippen LogP contribution is 2.39. The summed E-state index contributed by atoms with van der Waals surface area (Å²) in [6, 6.07) is 2.97. The van der Waals surface area contributed by atoms with Crippen molar-refractivity contribution < 1.29 is 18.8 Å². The molecule has 0 spiro atoms. The second-order valence-corrected chi connectivity index (χ2v) is 5.60. The van der Waals surface area contributed by atoms with E-state index in [1.807, 2.05) is 0 Å². The number of aliphatic hydroxyl groups excluding tert-OH is 1. The van der Waals surface area contributed by atoms with Crippen LogP contribution >= 0.6 is 0 Å². The topological polar surface area (TPSA) is 100 Å². The average molecular weight is 320 g/mol. The van der Waals surface area contributed by atoms with Crippen LogP contribution in [-0.2, 0) is 0 Å². The molecule has 1 aliphatic carbocycles. The van der Waals surface area contributed by atoms with Gasteiger partial charge >= 0.3 is 6.03 Å². The molecule has 1 aromatic carbocycles. The molecule has 7 nitrogen and oxygen atoms in total. The number of aromatic nitrogens is 2. The Morgan fingerprint density at radius 1 is 1.52 bits per heavy atom. The summed E-state index contributed by atoms with van der Waals surface area (Å²) in [6.45, 7) is 1.48. The SMILES string of the molecule is CC(CO)NC(=O)Nc1ccc(F)cc1-c1nc(C2CC2)no1. The van der Waals surface area contributed by atoms with Gasteiger partial charge in [-0.25, -0.2) is 9.18 Å². The van der Waals surface area contributed by atoms with Crippen molar-refractivity contribution in [1.82, 2.24) is 15.5 Å². The van der Waals surface area contributed by atoms with Crippen LogP contribution in [0.3, 0.4) is 0 Å². The minimum atomic E-state index is -0.513. The third-order valence-electron chi connectivity index (χ3n) is 3.50. The molecule has 1 fully saturated rings. The third kappa shape index (κ3) is 3.65. The lowest BCUT2D eigenvalue weighted by Gasteiger charge is -2.13. The second kappa shape index (κ2) is 6.33. The molecule has 3 N–H and O–H groups in total. The van der Waals surface area contributed by atoms with E-state index in [1.54, 1.807) is 6.92 Å². The predicted molar refractivity (Wildman–Crippen MR) is 80.4 cm³/mol. The van der Waals surface area contributed by atoms with Crippen LogP contribution in [0.1, 0.15) is 31.5 Å². The lowest BCUT2D eigenvalue weighted by Crippen LogP contribution is -2.38. The highest BCUT2D eigenvalue weighted by Gasteiger charge is 2.29. The number of anilines is 1. The lowest BCUT2D eigenvalue weighted by atomic mass is 10.1. The van der Waals surface area contributed by atoms with Crippen LogP contribution in [-0.4, -0.2) is 33.9 Å². The Morgan fingerprint density at radius 2 is 2.30 bits per heavy atom. The van der Waals surface area contributed by atoms with Gasteiger partial charge in [0.2, 0.25) is 0 Å². The van der Waals surface area contributed by atoms with Crippen LogP contribution in [0.25, 0.3) is 11.5 Å². The standard InChI is InChI=1S/C15H17FN4O3/c1-8(7-21)17-15(22)18-12-5-4-10(16)6-11(12)14-19-13(20-23-14)9-2-3-9/h4-6,8-9,21H,2-3,7H2,1H3,(H2,17,18,22). The molecule has 122 valence electrons. The summed E-state index contributed by atoms with van der Waals surface area (Å²) in [5, 5.41) is 18.0. The number of carbonyl (C=O) groups excluding carboxylic acids is 1. The van der Waals surface area contributed by atoms with Crippen LogP contribution in [0.4, 0.5) is 14.9 Å². The molecule has 8 heteroatoms. The minimum Gasteiger partial charge on any atom is -0.394 e. The number of rotatable bonds is 5. The highest BCUT2D eigenvalue weighted by molar-refractivity contribution is 5.93. The zero-order valence-electron chi connectivity index (χ0n) is 12.5. The molecule has 3 rings (SSSR count). The molecule has 1 aliphatic rings. The van der Waals surface area contributed by atoms with Crippen molar-refractivity contribution in [3.05, 3.63) is 29.8 Å². The Hall–Kier alpha value is -2.48. The first kappa shape index (κ1) is 15.4. The van der Waals surface area contributed by atoms with Gasteiger partial charge in [-0.3, -0.25) is 0 Å². The molecule has 1 heterocycles. The Balaban J connectivity index is 1.83. The summed E-state index contributed by atoms with van der Waals surface area (Å²) < 4.78 is 18.8. The molecule has 1 aromatic heterocycles. The smallest absolute Gasteiger partial charge is 0.319 e. The van der Waals surface area contributed by atoms with E-state index in [0.717, 1.165) is 12.8 Å². The quantitative estimate of drug-likeness (QED) is 0.784. The molecule has 0 aliphatic heterocycles. The van der Waals surface area contributed by atoms with Crippen molar-refractivity contribution >= 4 is 11.7 Å². The van der Waals surface area contributed by atoms with Crippen LogP contribution in [0.5, 0.6) is 0 Å². The van der Waals surface area contributed by atoms with Crippen molar-refractivity contribution in [1.29, 1.82) is 0 Å². The first-order valence-electron chi connectivity index (χ1n) is 7.38. The van der Waals surface area contributed by atoms with Gasteiger partial charge in [0.25, 0.3) is 5.89 Å². The Bertz CT molecular complexity index is 714. The number of urea groups is 1. The molecule has 1 atom stereocenters. The number of nitrogens with one attached hydrogen (secondary N) is 2. The molecule has 1 unspecified atom stereocenters. The Morgan fingerprint density at radius 3 is 3.00 bits per heavy atom. The number of nitrogens with zero attached hydrogens (tertiary/aromatic N) is 2. The van der Waals surface area contributed by atoms with Gasteiger partial charge in [0, 0.05) is 5.92 Å². The summed E-state index contributed by atoms with van der Waals surface area (Å²) in [7, 11) is 0. The van der Waals surface area contributed by atoms with E-state index in [9.17, 15) is 9.18 Å². The Kier molecular flexibility index (Phi) is 4.24. The van der Waals surface area contributed by atoms with E-state index < -0.39 is 17.9 Å². The first-order chi connectivity index (χ1) is 11.1. The zero-order valence-corrected chi connectivity index (χ0v) is 12.5. The van der Waals surface area contributed by atoms with Crippen molar-refractivity contribution in [2.75, 3.05) is 11.9 Å². The normalized spacial score (nSPS) is 15.3. The van der Waals surface area contributed by atoms with E-state index in [1.165, 1.54) is 18.2 Å². The minimum absolute atomic E-state index is 0.164. The van der Waals surface area contributed by atoms with Crippen molar-refractivity contribution in [2.45, 2.75) is 31.7 Å². The number of benzene rings is 1. The maximum absolute atomic E-state index is 13.6. The summed E-state index contributed by atoms with van der Waals surface area (Å²) in [5.74, 6) is 0.609. The maximum Gasteiger partial charge on any atom is 0.319 e. The first-order valence-corrected chi connectivity index (χ1v) is 7.38. The molecule has 23 heavy (non-hydrogen) atoms. The monoisotopic (exact) mass is 320 g/mol. The van der Waals surface area contributed by atoms with Gasteiger partial charge < -0.3 is 20.3 Å². The van der Waals surface area contributed by atoms with Gasteiger partial charge in [-0.15, -0.1) is 0 Å². The van der Waals surface area contributed by atoms with Crippen LogP contribution < -0.4 is 10.6 Å². The number of aliphatic hydroxyl groups is 1. The molecule has 1 saturated carbocycles. The lowest BCUT2D eigenvalue weighted by molar-refractivity contribution is 0.229. The molecule has 0 saturated heterocycles. The van der Waals surface area contributed by atoms with Crippen LogP contribution in [0.2, 0.25) is 0 Å². The zero-order chi connectivity index (χ0) is 16.4. The second-order valence-electron chi connectivity index (χ2n) is 5.60. The molecule has 2 amide bonds. The Labute approximate surface area is 131 Å². The number of carbonyl (C=O) groups is 1. The summed E-state index contributed by atoms with van der Waals surface area (Å²) in [5.41, 5.74) is 0.663. The van der Waals surface area contributed by atoms with Gasteiger partial charge in [-0.2, -0.15) is 4.98 Å².